The van der Waals surface area contributed by atoms with Crippen LogP contribution in [0.4, 0.5) is 4.79 Å². The highest BCUT2D eigenvalue weighted by Crippen LogP contribution is 2.17. The minimum absolute atomic E-state index is 0.0526. The number of carbonyl (C=O) groups is 3. The first-order valence-electron chi connectivity index (χ1n) is 8.64. The first-order valence-corrected chi connectivity index (χ1v) is 8.64. The number of nitrogens with one attached hydrogen (secondary N) is 1. The SMILES string of the molecule is CC(C)(C)OC(=O)NCCOC(=O)c1ccnc(-c2cc(C(=O)N=O)ccn2)c1. The Morgan fingerprint density at radius 3 is 2.21 bits per heavy atom. The van der Waals surface area contributed by atoms with E-state index >= 15 is 0 Å². The Bertz CT molecular complexity index is 923. The largest absolute Gasteiger partial charge is 0.460 e. The van der Waals surface area contributed by atoms with Crippen molar-refractivity contribution in [1.82, 2.24) is 15.3 Å². The van der Waals surface area contributed by atoms with E-state index in [0.29, 0.717) is 11.4 Å². The van der Waals surface area contributed by atoms with Crippen LogP contribution in [0.5, 0.6) is 0 Å². The lowest BCUT2D eigenvalue weighted by Crippen LogP contribution is -2.34. The van der Waals surface area contributed by atoms with Crippen molar-refractivity contribution in [2.45, 2.75) is 26.4 Å². The van der Waals surface area contributed by atoms with Gasteiger partial charge in [-0.1, -0.05) is 0 Å². The third-order valence-corrected chi connectivity index (χ3v) is 3.35. The molecule has 0 unspecified atom stereocenters. The van der Waals surface area contributed by atoms with Crippen LogP contribution in [0.1, 0.15) is 41.5 Å². The highest BCUT2D eigenvalue weighted by molar-refractivity contribution is 5.95. The number of aromatic nitrogens is 2. The third kappa shape index (κ3) is 6.76. The Balaban J connectivity index is 1.97. The first kappa shape index (κ1) is 21.6. The van der Waals surface area contributed by atoms with Gasteiger partial charge < -0.3 is 14.8 Å². The summed E-state index contributed by atoms with van der Waals surface area (Å²) in [6.07, 6.45) is 2.12. The fourth-order valence-corrected chi connectivity index (χ4v) is 2.15. The molecule has 29 heavy (non-hydrogen) atoms. The van der Waals surface area contributed by atoms with Gasteiger partial charge in [-0.3, -0.25) is 14.8 Å². The lowest BCUT2D eigenvalue weighted by molar-refractivity contribution is 0.0433. The van der Waals surface area contributed by atoms with Crippen molar-refractivity contribution in [3.63, 3.8) is 0 Å². The van der Waals surface area contributed by atoms with Crippen LogP contribution >= 0.6 is 0 Å². The lowest BCUT2D eigenvalue weighted by atomic mass is 10.1. The van der Waals surface area contributed by atoms with Gasteiger partial charge in [-0.2, -0.15) is 0 Å². The number of carbonyl (C=O) groups excluding carboxylic acids is 3. The van der Waals surface area contributed by atoms with E-state index in [9.17, 15) is 19.3 Å². The fraction of sp³-hybridized carbons (Fsp3) is 0.316. The number of rotatable bonds is 6. The van der Waals surface area contributed by atoms with E-state index in [-0.39, 0.29) is 24.3 Å². The Labute approximate surface area is 166 Å². The van der Waals surface area contributed by atoms with Crippen molar-refractivity contribution < 1.29 is 23.9 Å². The van der Waals surface area contributed by atoms with Gasteiger partial charge in [-0.15, -0.1) is 4.91 Å². The minimum Gasteiger partial charge on any atom is -0.460 e. The molecule has 0 aromatic carbocycles. The van der Waals surface area contributed by atoms with Crippen LogP contribution in [-0.2, 0) is 9.47 Å². The first-order chi connectivity index (χ1) is 13.7. The summed E-state index contributed by atoms with van der Waals surface area (Å²) in [6.45, 7) is 5.25. The van der Waals surface area contributed by atoms with Gasteiger partial charge in [0.05, 0.1) is 23.5 Å². The van der Waals surface area contributed by atoms with Gasteiger partial charge in [0.2, 0.25) is 0 Å². The van der Waals surface area contributed by atoms with E-state index in [1.807, 2.05) is 0 Å². The van der Waals surface area contributed by atoms with Gasteiger partial charge in [0.1, 0.15) is 12.2 Å². The topological polar surface area (TPSA) is 137 Å². The molecule has 0 aliphatic heterocycles. The Morgan fingerprint density at radius 1 is 1.03 bits per heavy atom. The van der Waals surface area contributed by atoms with Crippen LogP contribution in [0.15, 0.2) is 41.8 Å². The molecular weight excluding hydrogens is 380 g/mol. The van der Waals surface area contributed by atoms with Crippen molar-refractivity contribution in [3.8, 4) is 11.4 Å². The zero-order chi connectivity index (χ0) is 21.4. The number of pyridine rings is 2. The molecule has 0 spiro atoms. The van der Waals surface area contributed by atoms with Gasteiger partial charge >= 0.3 is 18.0 Å². The summed E-state index contributed by atoms with van der Waals surface area (Å²) in [5.41, 5.74) is 0.256. The van der Waals surface area contributed by atoms with Crippen LogP contribution in [0.2, 0.25) is 0 Å². The predicted octanol–water partition coefficient (Wildman–Crippen LogP) is 2.73. The standard InChI is InChI=1S/C19H20N4O6/c1-19(2,3)29-18(26)22-8-9-28-17(25)13-5-7-21-15(11-13)14-10-12(4-6-20-14)16(24)23-27/h4-7,10-11H,8-9H2,1-3H3,(H,22,26). The molecule has 0 atom stereocenters. The van der Waals surface area contributed by atoms with Crippen LogP contribution in [0.25, 0.3) is 11.4 Å². The summed E-state index contributed by atoms with van der Waals surface area (Å²) in [4.78, 5) is 53.7. The zero-order valence-electron chi connectivity index (χ0n) is 16.2. The summed E-state index contributed by atoms with van der Waals surface area (Å²) in [5.74, 6) is -1.55. The molecule has 0 aliphatic rings. The summed E-state index contributed by atoms with van der Waals surface area (Å²) in [7, 11) is 0. The molecule has 0 saturated carbocycles. The summed E-state index contributed by atoms with van der Waals surface area (Å²) in [6, 6.07) is 5.60. The molecule has 2 amide bonds. The van der Waals surface area contributed by atoms with E-state index < -0.39 is 23.6 Å². The van der Waals surface area contributed by atoms with Crippen molar-refractivity contribution in [3.05, 3.63) is 52.7 Å². The highest BCUT2D eigenvalue weighted by atomic mass is 16.6. The average Bonchev–Trinajstić information content (AvgIpc) is 2.69. The number of esters is 1. The molecule has 0 aliphatic carbocycles. The molecule has 2 rings (SSSR count). The number of alkyl carbamates (subject to hydrolysis) is 1. The molecule has 10 nitrogen and oxygen atoms in total. The number of nitroso groups, excluding NO2 is 1. The van der Waals surface area contributed by atoms with Crippen molar-refractivity contribution >= 4 is 18.0 Å². The van der Waals surface area contributed by atoms with Gasteiger partial charge in [0, 0.05) is 23.1 Å². The van der Waals surface area contributed by atoms with Crippen LogP contribution in [0, 0.1) is 4.91 Å². The summed E-state index contributed by atoms with van der Waals surface area (Å²) in [5, 5.41) is 4.84. The van der Waals surface area contributed by atoms with E-state index in [0.717, 1.165) is 0 Å². The molecule has 1 N–H and O–H groups in total. The zero-order valence-corrected chi connectivity index (χ0v) is 16.2. The second-order valence-electron chi connectivity index (χ2n) is 6.82. The number of amides is 2. The van der Waals surface area contributed by atoms with Crippen molar-refractivity contribution in [1.29, 1.82) is 0 Å². The van der Waals surface area contributed by atoms with Gasteiger partial charge in [0.15, 0.2) is 0 Å². The Morgan fingerprint density at radius 2 is 1.62 bits per heavy atom. The molecule has 0 radical (unpaired) electrons. The van der Waals surface area contributed by atoms with E-state index in [1.54, 1.807) is 20.8 Å². The molecule has 2 aromatic rings. The van der Waals surface area contributed by atoms with Gasteiger partial charge in [-0.05, 0) is 45.0 Å². The quantitative estimate of drug-likeness (QED) is 0.444. The molecule has 10 heteroatoms. The molecular formula is C19H20N4O6. The maximum Gasteiger partial charge on any atom is 0.407 e. The van der Waals surface area contributed by atoms with Crippen LogP contribution in [0.3, 0.4) is 0 Å². The molecule has 2 aromatic heterocycles. The number of ether oxygens (including phenoxy) is 2. The minimum atomic E-state index is -0.929. The van der Waals surface area contributed by atoms with Crippen LogP contribution in [-0.4, -0.2) is 46.7 Å². The third-order valence-electron chi connectivity index (χ3n) is 3.35. The Hall–Kier alpha value is -3.69. The lowest BCUT2D eigenvalue weighted by Gasteiger charge is -2.19. The highest BCUT2D eigenvalue weighted by Gasteiger charge is 2.16. The molecule has 0 saturated heterocycles. The molecule has 0 bridgehead atoms. The van der Waals surface area contributed by atoms with Crippen molar-refractivity contribution in [2.75, 3.05) is 13.2 Å². The smallest absolute Gasteiger partial charge is 0.407 e. The second kappa shape index (κ2) is 9.49. The normalized spacial score (nSPS) is 10.7. The molecule has 0 fully saturated rings. The molecule has 152 valence electrons. The number of hydrogen-bond acceptors (Lipinski definition) is 8. The van der Waals surface area contributed by atoms with E-state index in [4.69, 9.17) is 9.47 Å². The van der Waals surface area contributed by atoms with E-state index in [2.05, 4.69) is 20.5 Å². The van der Waals surface area contributed by atoms with Crippen molar-refractivity contribution in [2.24, 2.45) is 5.18 Å². The summed E-state index contributed by atoms with van der Waals surface area (Å²) < 4.78 is 10.2. The van der Waals surface area contributed by atoms with Crippen LogP contribution < -0.4 is 5.32 Å². The maximum atomic E-state index is 12.2. The Kier molecular flexibility index (Phi) is 7.07. The fourth-order valence-electron chi connectivity index (χ4n) is 2.15. The molecule has 2 heterocycles. The number of nitrogens with zero attached hydrogens (tertiary/aromatic N) is 3. The maximum absolute atomic E-state index is 12.2. The second-order valence-corrected chi connectivity index (χ2v) is 6.82. The number of hydrogen-bond donors (Lipinski definition) is 1. The summed E-state index contributed by atoms with van der Waals surface area (Å²) >= 11 is 0. The monoisotopic (exact) mass is 400 g/mol. The average molecular weight is 400 g/mol. The van der Waals surface area contributed by atoms with E-state index in [1.165, 1.54) is 36.7 Å². The predicted molar refractivity (Wildman–Crippen MR) is 102 cm³/mol. The van der Waals surface area contributed by atoms with Gasteiger partial charge in [-0.25, -0.2) is 9.59 Å². The van der Waals surface area contributed by atoms with Gasteiger partial charge in [0.25, 0.3) is 0 Å².